The molecule has 3 aromatic heterocycles. The van der Waals surface area contributed by atoms with Gasteiger partial charge in [0.05, 0.1) is 0 Å². The molecule has 1 N–H and O–H groups in total. The number of amides is 1. The van der Waals surface area contributed by atoms with Crippen molar-refractivity contribution in [1.82, 2.24) is 29.3 Å². The number of piperidine rings is 1. The first-order valence-corrected chi connectivity index (χ1v) is 9.79. The minimum atomic E-state index is -0.0629. The molecule has 28 heavy (non-hydrogen) atoms. The minimum absolute atomic E-state index is 0.0629. The van der Waals surface area contributed by atoms with Crippen molar-refractivity contribution in [1.29, 1.82) is 0 Å². The van der Waals surface area contributed by atoms with Crippen LogP contribution in [0.25, 0.3) is 5.65 Å². The Bertz CT molecular complexity index is 1080. The summed E-state index contributed by atoms with van der Waals surface area (Å²) in [6.07, 6.45) is 4.14. The minimum Gasteiger partial charge on any atom is -0.342 e. The van der Waals surface area contributed by atoms with Crippen molar-refractivity contribution < 1.29 is 4.79 Å². The number of likely N-dealkylation sites (tertiary alicyclic amines) is 1. The summed E-state index contributed by atoms with van der Waals surface area (Å²) in [7, 11) is 0. The number of hydrogen-bond acceptors (Lipinski definition) is 4. The molecule has 1 saturated heterocycles. The predicted molar refractivity (Wildman–Crippen MR) is 105 cm³/mol. The van der Waals surface area contributed by atoms with Gasteiger partial charge in [-0.1, -0.05) is 0 Å². The van der Waals surface area contributed by atoms with Crippen LogP contribution in [-0.4, -0.2) is 48.3 Å². The highest BCUT2D eigenvalue weighted by molar-refractivity contribution is 5.76. The van der Waals surface area contributed by atoms with E-state index in [0.29, 0.717) is 30.7 Å². The lowest BCUT2D eigenvalue weighted by Gasteiger charge is -2.32. The summed E-state index contributed by atoms with van der Waals surface area (Å²) >= 11 is 0. The van der Waals surface area contributed by atoms with Gasteiger partial charge in [-0.25, -0.2) is 9.50 Å². The third-order valence-corrected chi connectivity index (χ3v) is 5.78. The van der Waals surface area contributed by atoms with E-state index in [1.165, 1.54) is 4.52 Å². The lowest BCUT2D eigenvalue weighted by molar-refractivity contribution is -0.132. The molecule has 1 aliphatic heterocycles. The van der Waals surface area contributed by atoms with Crippen molar-refractivity contribution in [3.8, 4) is 0 Å². The van der Waals surface area contributed by atoms with Crippen LogP contribution in [0.1, 0.15) is 47.8 Å². The largest absolute Gasteiger partial charge is 0.342 e. The fraction of sp³-hybridized carbons (Fsp3) is 0.500. The zero-order chi connectivity index (χ0) is 19.8. The van der Waals surface area contributed by atoms with Crippen molar-refractivity contribution in [2.75, 3.05) is 13.1 Å². The third-order valence-electron chi connectivity index (χ3n) is 5.78. The van der Waals surface area contributed by atoms with Crippen LogP contribution in [0, 0.1) is 20.8 Å². The molecule has 3 aromatic rings. The smallest absolute Gasteiger partial charge is 0.275 e. The molecule has 1 unspecified atom stereocenters. The van der Waals surface area contributed by atoms with Crippen LogP contribution in [-0.2, 0) is 11.3 Å². The number of aromatic nitrogens is 5. The Hall–Kier alpha value is -2.90. The van der Waals surface area contributed by atoms with Gasteiger partial charge in [0.25, 0.3) is 5.56 Å². The molecule has 0 aliphatic carbocycles. The van der Waals surface area contributed by atoms with Crippen molar-refractivity contribution in [3.05, 3.63) is 51.3 Å². The number of H-pyrrole nitrogens is 1. The summed E-state index contributed by atoms with van der Waals surface area (Å²) in [4.78, 5) is 31.6. The number of aryl methyl sites for hydroxylation is 3. The summed E-state index contributed by atoms with van der Waals surface area (Å²) in [5.74, 6) is 0.337. The highest BCUT2D eigenvalue weighted by atomic mass is 16.2. The second-order valence-electron chi connectivity index (χ2n) is 7.66. The number of fused-ring (bicyclic) bond motifs is 1. The van der Waals surface area contributed by atoms with Gasteiger partial charge in [0.15, 0.2) is 5.65 Å². The Morgan fingerprint density at radius 1 is 1.32 bits per heavy atom. The fourth-order valence-corrected chi connectivity index (χ4v) is 3.90. The number of nitrogens with one attached hydrogen (secondary N) is 1. The normalized spacial score (nSPS) is 17.4. The summed E-state index contributed by atoms with van der Waals surface area (Å²) in [5.41, 5.74) is 4.01. The average molecular weight is 382 g/mol. The number of hydrogen-bond donors (Lipinski definition) is 1. The zero-order valence-corrected chi connectivity index (χ0v) is 16.6. The third kappa shape index (κ3) is 3.34. The molecular formula is C20H26N6O2. The molecule has 4 rings (SSSR count). The highest BCUT2D eigenvalue weighted by Gasteiger charge is 2.26. The molecule has 0 bridgehead atoms. The Balaban J connectivity index is 1.48. The van der Waals surface area contributed by atoms with Gasteiger partial charge in [-0.2, -0.15) is 5.10 Å². The second-order valence-corrected chi connectivity index (χ2v) is 7.66. The van der Waals surface area contributed by atoms with Crippen LogP contribution in [0.2, 0.25) is 0 Å². The molecule has 0 saturated carbocycles. The van der Waals surface area contributed by atoms with Crippen LogP contribution in [0.5, 0.6) is 0 Å². The van der Waals surface area contributed by atoms with E-state index in [-0.39, 0.29) is 17.4 Å². The summed E-state index contributed by atoms with van der Waals surface area (Å²) in [6, 6.07) is 3.89. The lowest BCUT2D eigenvalue weighted by Crippen LogP contribution is -2.39. The van der Waals surface area contributed by atoms with Crippen LogP contribution >= 0.6 is 0 Å². The van der Waals surface area contributed by atoms with Crippen LogP contribution in [0.4, 0.5) is 0 Å². The van der Waals surface area contributed by atoms with Gasteiger partial charge in [0.2, 0.25) is 5.91 Å². The molecule has 148 valence electrons. The number of rotatable bonds is 4. The molecule has 8 heteroatoms. The first-order valence-electron chi connectivity index (χ1n) is 9.79. The monoisotopic (exact) mass is 382 g/mol. The van der Waals surface area contributed by atoms with E-state index in [9.17, 15) is 9.59 Å². The highest BCUT2D eigenvalue weighted by Crippen LogP contribution is 2.27. The molecule has 4 heterocycles. The molecule has 8 nitrogen and oxygen atoms in total. The average Bonchev–Trinajstić information content (AvgIpc) is 3.30. The van der Waals surface area contributed by atoms with Gasteiger partial charge in [-0.05, 0) is 39.7 Å². The first-order chi connectivity index (χ1) is 13.4. The molecule has 1 fully saturated rings. The molecular weight excluding hydrogens is 356 g/mol. The number of carbonyl (C=O) groups excluding carboxylic acids is 1. The van der Waals surface area contributed by atoms with Crippen LogP contribution in [0.3, 0.4) is 0 Å². The topological polar surface area (TPSA) is 88.3 Å². The first kappa shape index (κ1) is 18.5. The second kappa shape index (κ2) is 7.26. The fourth-order valence-electron chi connectivity index (χ4n) is 3.90. The number of carbonyl (C=O) groups is 1. The van der Waals surface area contributed by atoms with E-state index in [1.807, 2.05) is 35.6 Å². The molecule has 0 radical (unpaired) electrons. The van der Waals surface area contributed by atoms with Crippen LogP contribution in [0.15, 0.2) is 23.1 Å². The van der Waals surface area contributed by atoms with Gasteiger partial charge in [-0.15, -0.1) is 0 Å². The maximum atomic E-state index is 12.7. The molecule has 1 aliphatic rings. The summed E-state index contributed by atoms with van der Waals surface area (Å²) in [5, 5.41) is 7.46. The maximum absolute atomic E-state index is 12.7. The van der Waals surface area contributed by atoms with Gasteiger partial charge >= 0.3 is 0 Å². The van der Waals surface area contributed by atoms with Gasteiger partial charge in [0, 0.05) is 66.9 Å². The van der Waals surface area contributed by atoms with E-state index in [4.69, 9.17) is 0 Å². The van der Waals surface area contributed by atoms with E-state index in [1.54, 1.807) is 13.1 Å². The molecule has 1 atom stereocenters. The standard InChI is InChI=1S/C20H26N6O2/c1-13-6-8-21-25(13)10-7-19(27)24-9-4-5-16(12-24)17-11-18-22-15(3)14(2)20(28)26(18)23-17/h6,8,11,16,23H,4-5,7,9-10,12H2,1-3H3. The number of aromatic amines is 1. The molecule has 0 aromatic carbocycles. The van der Waals surface area contributed by atoms with Crippen molar-refractivity contribution in [2.24, 2.45) is 0 Å². The van der Waals surface area contributed by atoms with Crippen molar-refractivity contribution >= 4 is 11.6 Å². The Morgan fingerprint density at radius 3 is 2.89 bits per heavy atom. The quantitative estimate of drug-likeness (QED) is 0.747. The van der Waals surface area contributed by atoms with Crippen molar-refractivity contribution in [2.45, 2.75) is 52.5 Å². The predicted octanol–water partition coefficient (Wildman–Crippen LogP) is 1.94. The Kier molecular flexibility index (Phi) is 4.78. The van der Waals surface area contributed by atoms with E-state index in [0.717, 1.165) is 36.5 Å². The SMILES string of the molecule is Cc1nc2cc(C3CCCN(C(=O)CCn4nccc4C)C3)[nH]n2c(=O)c1C. The Morgan fingerprint density at radius 2 is 2.14 bits per heavy atom. The summed E-state index contributed by atoms with van der Waals surface area (Å²) < 4.78 is 3.37. The van der Waals surface area contributed by atoms with Gasteiger partial charge < -0.3 is 4.90 Å². The number of nitrogens with zero attached hydrogens (tertiary/aromatic N) is 5. The van der Waals surface area contributed by atoms with Crippen LogP contribution < -0.4 is 5.56 Å². The summed E-state index contributed by atoms with van der Waals surface area (Å²) in [6.45, 7) is 7.68. The van der Waals surface area contributed by atoms with Crippen molar-refractivity contribution in [3.63, 3.8) is 0 Å². The maximum Gasteiger partial charge on any atom is 0.275 e. The van der Waals surface area contributed by atoms with E-state index in [2.05, 4.69) is 15.2 Å². The van der Waals surface area contributed by atoms with Gasteiger partial charge in [-0.3, -0.25) is 19.4 Å². The van der Waals surface area contributed by atoms with Gasteiger partial charge in [0.1, 0.15) is 0 Å². The lowest BCUT2D eigenvalue weighted by atomic mass is 9.94. The zero-order valence-electron chi connectivity index (χ0n) is 16.6. The molecule has 0 spiro atoms. The van der Waals surface area contributed by atoms with E-state index < -0.39 is 0 Å². The van der Waals surface area contributed by atoms with E-state index >= 15 is 0 Å². The Labute approximate surface area is 163 Å². The molecule has 1 amide bonds.